The van der Waals surface area contributed by atoms with E-state index in [1.165, 1.54) is 0 Å². The Morgan fingerprint density at radius 2 is 1.93 bits per heavy atom. The number of ether oxygens (including phenoxy) is 1. The van der Waals surface area contributed by atoms with Crippen molar-refractivity contribution in [1.82, 2.24) is 10.2 Å². The number of hydrogen-bond acceptors (Lipinski definition) is 5. The van der Waals surface area contributed by atoms with Crippen molar-refractivity contribution in [2.24, 2.45) is 4.99 Å². The molecule has 2 aliphatic heterocycles. The van der Waals surface area contributed by atoms with Gasteiger partial charge in [-0.15, -0.1) is 0 Å². The Morgan fingerprint density at radius 3 is 2.56 bits per heavy atom. The highest BCUT2D eigenvalue weighted by Gasteiger charge is 2.32. The number of rotatable bonds is 5. The van der Waals surface area contributed by atoms with Crippen LogP contribution < -0.4 is 10.2 Å². The van der Waals surface area contributed by atoms with Crippen molar-refractivity contribution in [3.63, 3.8) is 0 Å². The fourth-order valence-electron chi connectivity index (χ4n) is 3.71. The van der Waals surface area contributed by atoms with E-state index < -0.39 is 0 Å². The third kappa shape index (κ3) is 5.02. The zero-order valence-electron chi connectivity index (χ0n) is 16.5. The van der Waals surface area contributed by atoms with Crippen LogP contribution in [0.25, 0.3) is 0 Å². The molecule has 2 aliphatic rings. The van der Waals surface area contributed by atoms with Crippen molar-refractivity contribution in [2.45, 2.75) is 24.5 Å². The number of aliphatic imine (C=N–C) groups is 1. The van der Waals surface area contributed by atoms with Crippen molar-refractivity contribution in [2.75, 3.05) is 63.6 Å². The first-order chi connectivity index (χ1) is 13.2. The average Bonchev–Trinajstić information content (AvgIpc) is 2.72. The van der Waals surface area contributed by atoms with Gasteiger partial charge < -0.3 is 25.0 Å². The molecule has 0 aromatic heterocycles. The minimum atomic E-state index is 0.205. The Balaban J connectivity index is 1.63. The summed E-state index contributed by atoms with van der Waals surface area (Å²) in [6.07, 6.45) is 4.33. The van der Waals surface area contributed by atoms with E-state index in [2.05, 4.69) is 28.3 Å². The molecule has 2 saturated heterocycles. The lowest BCUT2D eigenvalue weighted by Crippen LogP contribution is -2.53. The second kappa shape index (κ2) is 9.55. The van der Waals surface area contributed by atoms with Gasteiger partial charge in [-0.05, 0) is 38.2 Å². The Kier molecular flexibility index (Phi) is 7.13. The lowest BCUT2D eigenvalue weighted by Gasteiger charge is -2.39. The predicted molar refractivity (Wildman–Crippen MR) is 114 cm³/mol. The van der Waals surface area contributed by atoms with E-state index in [1.54, 1.807) is 6.07 Å². The second-order valence-corrected chi connectivity index (χ2v) is 8.41. The summed E-state index contributed by atoms with van der Waals surface area (Å²) in [6.45, 7) is 9.05. The fraction of sp³-hybridized carbons (Fsp3) is 0.650. The number of thioether (sulfide) groups is 1. The molecule has 0 aliphatic carbocycles. The maximum absolute atomic E-state index is 10.1. The van der Waals surface area contributed by atoms with Crippen LogP contribution in [0.15, 0.2) is 29.3 Å². The smallest absolute Gasteiger partial charge is 0.194 e. The molecule has 27 heavy (non-hydrogen) atoms. The van der Waals surface area contributed by atoms with E-state index in [1.807, 2.05) is 30.0 Å². The number of guanidine groups is 1. The van der Waals surface area contributed by atoms with Crippen LogP contribution in [0, 0.1) is 0 Å². The van der Waals surface area contributed by atoms with Crippen molar-refractivity contribution in [3.05, 3.63) is 24.3 Å². The molecule has 0 atom stereocenters. The number of piperazine rings is 1. The van der Waals surface area contributed by atoms with E-state index in [9.17, 15) is 5.11 Å². The number of nitrogens with zero attached hydrogens (tertiary/aromatic N) is 3. The molecule has 2 fully saturated rings. The van der Waals surface area contributed by atoms with Crippen LogP contribution in [-0.4, -0.2) is 79.5 Å². The van der Waals surface area contributed by atoms with Crippen LogP contribution in [0.5, 0.6) is 5.75 Å². The van der Waals surface area contributed by atoms with Gasteiger partial charge in [0, 0.05) is 50.7 Å². The fourth-order valence-corrected chi connectivity index (χ4v) is 4.47. The van der Waals surface area contributed by atoms with Crippen LogP contribution in [0.1, 0.15) is 19.8 Å². The third-order valence-corrected chi connectivity index (χ3v) is 6.89. The summed E-state index contributed by atoms with van der Waals surface area (Å²) in [6, 6.07) is 7.58. The first kappa shape index (κ1) is 20.1. The molecular weight excluding hydrogens is 360 g/mol. The summed E-state index contributed by atoms with van der Waals surface area (Å²) in [4.78, 5) is 9.59. The Morgan fingerprint density at radius 1 is 1.22 bits per heavy atom. The number of nitrogens with one attached hydrogen (secondary N) is 1. The van der Waals surface area contributed by atoms with Crippen molar-refractivity contribution in [1.29, 1.82) is 0 Å². The molecule has 150 valence electrons. The van der Waals surface area contributed by atoms with Gasteiger partial charge in [-0.25, -0.2) is 0 Å². The minimum absolute atomic E-state index is 0.205. The van der Waals surface area contributed by atoms with Crippen molar-refractivity contribution < 1.29 is 9.84 Å². The number of para-hydroxylation sites is 2. The van der Waals surface area contributed by atoms with E-state index >= 15 is 0 Å². The van der Waals surface area contributed by atoms with Crippen molar-refractivity contribution >= 4 is 23.4 Å². The monoisotopic (exact) mass is 392 g/mol. The Bertz CT molecular complexity index is 626. The number of phenols is 1. The molecule has 0 spiro atoms. The lowest BCUT2D eigenvalue weighted by atomic mass is 9.99. The predicted octanol–water partition coefficient (Wildman–Crippen LogP) is 2.39. The molecule has 7 heteroatoms. The van der Waals surface area contributed by atoms with Gasteiger partial charge in [0.15, 0.2) is 5.96 Å². The number of anilines is 1. The third-order valence-electron chi connectivity index (χ3n) is 5.49. The first-order valence-corrected chi connectivity index (χ1v) is 11.1. The summed E-state index contributed by atoms with van der Waals surface area (Å²) in [5.74, 6) is 1.36. The van der Waals surface area contributed by atoms with Gasteiger partial charge in [-0.3, -0.25) is 4.99 Å². The van der Waals surface area contributed by atoms with Crippen LogP contribution in [0.2, 0.25) is 0 Å². The molecule has 0 amide bonds. The lowest BCUT2D eigenvalue weighted by molar-refractivity contribution is 0.0793. The first-order valence-electron chi connectivity index (χ1n) is 9.86. The second-order valence-electron chi connectivity index (χ2n) is 7.13. The molecule has 1 aromatic carbocycles. The summed E-state index contributed by atoms with van der Waals surface area (Å²) in [5.41, 5.74) is 0.919. The highest BCUT2D eigenvalue weighted by atomic mass is 32.2. The summed E-state index contributed by atoms with van der Waals surface area (Å²) < 4.78 is 5.75. The molecular formula is C20H32N4O2S. The summed E-state index contributed by atoms with van der Waals surface area (Å²) >= 11 is 1.93. The van der Waals surface area contributed by atoms with Gasteiger partial charge in [0.05, 0.1) is 12.2 Å². The molecule has 0 radical (unpaired) electrons. The highest BCUT2D eigenvalue weighted by Crippen LogP contribution is 2.34. The highest BCUT2D eigenvalue weighted by molar-refractivity contribution is 8.00. The van der Waals surface area contributed by atoms with Crippen LogP contribution in [0.3, 0.4) is 0 Å². The van der Waals surface area contributed by atoms with Gasteiger partial charge >= 0.3 is 0 Å². The quantitative estimate of drug-likeness (QED) is 0.593. The number of aromatic hydroxyl groups is 1. The zero-order valence-corrected chi connectivity index (χ0v) is 17.3. The molecule has 2 N–H and O–H groups in total. The van der Waals surface area contributed by atoms with Gasteiger partial charge in [-0.1, -0.05) is 12.1 Å². The van der Waals surface area contributed by atoms with Crippen LogP contribution >= 0.6 is 11.8 Å². The Hall–Kier alpha value is -1.60. The van der Waals surface area contributed by atoms with Crippen molar-refractivity contribution in [3.8, 4) is 5.75 Å². The number of phenolic OH excluding ortho intramolecular Hbond substituents is 1. The van der Waals surface area contributed by atoms with Gasteiger partial charge in [0.2, 0.25) is 0 Å². The molecule has 6 nitrogen and oxygen atoms in total. The van der Waals surface area contributed by atoms with Gasteiger partial charge in [0.25, 0.3) is 0 Å². The topological polar surface area (TPSA) is 60.3 Å². The molecule has 0 unspecified atom stereocenters. The van der Waals surface area contributed by atoms with E-state index in [-0.39, 0.29) is 4.75 Å². The number of benzene rings is 1. The van der Waals surface area contributed by atoms with E-state index in [0.717, 1.165) is 77.0 Å². The number of hydrogen-bond donors (Lipinski definition) is 2. The maximum atomic E-state index is 10.1. The average molecular weight is 393 g/mol. The standard InChI is InChI=1S/C20H32N4O2S/c1-3-21-19(22-16-20(27-2)8-14-26-15-9-20)24-12-10-23(11-13-24)17-6-4-5-7-18(17)25/h4-7,25H,3,8-16H2,1-2H3,(H,21,22). The molecule has 0 saturated carbocycles. The largest absolute Gasteiger partial charge is 0.506 e. The van der Waals surface area contributed by atoms with Gasteiger partial charge in [-0.2, -0.15) is 11.8 Å². The molecule has 0 bridgehead atoms. The van der Waals surface area contributed by atoms with Crippen LogP contribution in [0.4, 0.5) is 5.69 Å². The van der Waals surface area contributed by atoms with E-state index in [0.29, 0.717) is 5.75 Å². The molecule has 1 aromatic rings. The summed E-state index contributed by atoms with van der Waals surface area (Å²) in [5, 5.41) is 13.6. The SMILES string of the molecule is CCNC(=NCC1(SC)CCOCC1)N1CCN(c2ccccc2O)CC1. The van der Waals surface area contributed by atoms with E-state index in [4.69, 9.17) is 9.73 Å². The molecule has 2 heterocycles. The van der Waals surface area contributed by atoms with Crippen LogP contribution in [-0.2, 0) is 4.74 Å². The molecule has 3 rings (SSSR count). The minimum Gasteiger partial charge on any atom is -0.506 e. The Labute approximate surface area is 167 Å². The normalized spacial score (nSPS) is 20.6. The zero-order chi connectivity index (χ0) is 19.1. The van der Waals surface area contributed by atoms with Gasteiger partial charge in [0.1, 0.15) is 5.75 Å². The summed E-state index contributed by atoms with van der Waals surface area (Å²) in [7, 11) is 0. The maximum Gasteiger partial charge on any atom is 0.194 e.